The van der Waals surface area contributed by atoms with Gasteiger partial charge in [-0.2, -0.15) is 4.31 Å². The molecule has 1 aliphatic heterocycles. The van der Waals surface area contributed by atoms with Crippen molar-refractivity contribution < 1.29 is 40.2 Å². The van der Waals surface area contributed by atoms with Gasteiger partial charge in [-0.1, -0.05) is 0 Å². The molecule has 0 aromatic heterocycles. The summed E-state index contributed by atoms with van der Waals surface area (Å²) in [5, 5.41) is 0. The Hall–Kier alpha value is -2.61. The molecule has 1 aliphatic rings. The molecule has 0 aliphatic carbocycles. The maximum atomic E-state index is 14.5. The lowest BCUT2D eigenvalue weighted by molar-refractivity contribution is 0.0729. The van der Waals surface area contributed by atoms with Crippen molar-refractivity contribution >= 4 is 25.7 Å². The van der Waals surface area contributed by atoms with Gasteiger partial charge < -0.3 is 18.9 Å². The summed E-state index contributed by atoms with van der Waals surface area (Å²) >= 11 is 0. The van der Waals surface area contributed by atoms with Crippen molar-refractivity contribution in [2.45, 2.75) is 9.79 Å². The number of nitrogens with zero attached hydrogens (tertiary/aromatic N) is 1. The fraction of sp³-hybridized carbons (Fsp3) is 0.368. The number of hydrogen-bond donors (Lipinski definition) is 1. The van der Waals surface area contributed by atoms with Crippen LogP contribution in [-0.2, 0) is 24.8 Å². The van der Waals surface area contributed by atoms with Crippen LogP contribution in [-0.4, -0.2) is 68.8 Å². The van der Waals surface area contributed by atoms with Gasteiger partial charge in [-0.25, -0.2) is 21.2 Å². The topological polar surface area (TPSA) is 120 Å². The summed E-state index contributed by atoms with van der Waals surface area (Å²) in [7, 11) is -4.56. The van der Waals surface area contributed by atoms with E-state index in [1.165, 1.54) is 37.8 Å². The van der Waals surface area contributed by atoms with E-state index in [2.05, 4.69) is 4.72 Å². The van der Waals surface area contributed by atoms with Crippen LogP contribution in [0.4, 0.5) is 10.1 Å². The molecule has 3 rings (SSSR count). The van der Waals surface area contributed by atoms with Gasteiger partial charge in [0.25, 0.3) is 10.0 Å². The van der Waals surface area contributed by atoms with Gasteiger partial charge in [-0.3, -0.25) is 4.72 Å². The molecule has 0 saturated carbocycles. The van der Waals surface area contributed by atoms with Gasteiger partial charge in [0.15, 0.2) is 11.5 Å². The van der Waals surface area contributed by atoms with Gasteiger partial charge >= 0.3 is 0 Å². The van der Waals surface area contributed by atoms with Crippen molar-refractivity contribution in [3.63, 3.8) is 0 Å². The molecule has 1 N–H and O–H groups in total. The Labute approximate surface area is 185 Å². The number of sulfonamides is 2. The van der Waals surface area contributed by atoms with Crippen molar-refractivity contribution in [3.05, 3.63) is 36.1 Å². The number of rotatable bonds is 8. The summed E-state index contributed by atoms with van der Waals surface area (Å²) < 4.78 is 90.2. The second kappa shape index (κ2) is 9.48. The highest BCUT2D eigenvalue weighted by atomic mass is 32.2. The molecule has 0 spiro atoms. The first-order valence-electron chi connectivity index (χ1n) is 9.34. The number of hydrogen-bond acceptors (Lipinski definition) is 8. The number of ether oxygens (including phenoxy) is 4. The lowest BCUT2D eigenvalue weighted by Crippen LogP contribution is -2.40. The van der Waals surface area contributed by atoms with Crippen LogP contribution in [0.15, 0.2) is 40.1 Å². The van der Waals surface area contributed by atoms with Crippen molar-refractivity contribution in [2.75, 3.05) is 52.4 Å². The zero-order valence-electron chi connectivity index (χ0n) is 17.6. The zero-order valence-corrected chi connectivity index (χ0v) is 19.3. The van der Waals surface area contributed by atoms with Crippen LogP contribution in [0, 0.1) is 5.82 Å². The van der Waals surface area contributed by atoms with E-state index < -0.39 is 30.8 Å². The molecule has 2 aromatic carbocycles. The molecule has 0 amide bonds. The van der Waals surface area contributed by atoms with Gasteiger partial charge in [0, 0.05) is 25.2 Å². The second-order valence-electron chi connectivity index (χ2n) is 6.63. The Morgan fingerprint density at radius 2 is 1.47 bits per heavy atom. The first-order valence-corrected chi connectivity index (χ1v) is 12.3. The molecule has 10 nitrogen and oxygen atoms in total. The molecule has 13 heteroatoms. The Balaban J connectivity index is 2.00. The van der Waals surface area contributed by atoms with E-state index in [0.717, 1.165) is 18.2 Å². The number of morpholine rings is 1. The molecule has 0 bridgehead atoms. The number of nitrogens with one attached hydrogen (secondary N) is 1. The summed E-state index contributed by atoms with van der Waals surface area (Å²) in [5.41, 5.74) is -0.0909. The Morgan fingerprint density at radius 3 is 2.06 bits per heavy atom. The van der Waals surface area contributed by atoms with Crippen molar-refractivity contribution in [1.82, 2.24) is 4.31 Å². The SMILES string of the molecule is COc1cc(F)c(S(=O)(=O)Nc2ccc(OC)c(S(=O)(=O)N3CCOCC3)c2)cc1OC. The molecule has 32 heavy (non-hydrogen) atoms. The van der Waals surface area contributed by atoms with E-state index in [1.807, 2.05) is 0 Å². The first-order chi connectivity index (χ1) is 15.1. The van der Waals surface area contributed by atoms with Crippen LogP contribution in [0.25, 0.3) is 0 Å². The number of halogens is 1. The molecule has 1 heterocycles. The highest BCUT2D eigenvalue weighted by Gasteiger charge is 2.30. The van der Waals surface area contributed by atoms with Gasteiger partial charge in [0.2, 0.25) is 10.0 Å². The van der Waals surface area contributed by atoms with Crippen molar-refractivity contribution in [3.8, 4) is 17.2 Å². The highest BCUT2D eigenvalue weighted by molar-refractivity contribution is 7.92. The van der Waals surface area contributed by atoms with E-state index in [4.69, 9.17) is 18.9 Å². The molecule has 1 saturated heterocycles. The van der Waals surface area contributed by atoms with Crippen LogP contribution >= 0.6 is 0 Å². The molecule has 0 radical (unpaired) electrons. The maximum Gasteiger partial charge on any atom is 0.264 e. The van der Waals surface area contributed by atoms with Crippen molar-refractivity contribution in [2.24, 2.45) is 0 Å². The van der Waals surface area contributed by atoms with Gasteiger partial charge in [0.05, 0.1) is 40.2 Å². The average Bonchev–Trinajstić information content (AvgIpc) is 2.78. The predicted octanol–water partition coefficient (Wildman–Crippen LogP) is 1.67. The second-order valence-corrected chi connectivity index (χ2v) is 10.2. The Kier molecular flexibility index (Phi) is 7.12. The monoisotopic (exact) mass is 490 g/mol. The number of methoxy groups -OCH3 is 3. The summed E-state index contributed by atoms with van der Waals surface area (Å²) in [6, 6.07) is 5.62. The van der Waals surface area contributed by atoms with Crippen LogP contribution in [0.3, 0.4) is 0 Å². The molecule has 176 valence electrons. The first kappa shape index (κ1) is 24.0. The Morgan fingerprint density at radius 1 is 0.875 bits per heavy atom. The van der Waals surface area contributed by atoms with Gasteiger partial charge in [0.1, 0.15) is 21.4 Å². The molecule has 0 atom stereocenters. The largest absolute Gasteiger partial charge is 0.495 e. The third-order valence-electron chi connectivity index (χ3n) is 4.73. The smallest absolute Gasteiger partial charge is 0.264 e. The minimum absolute atomic E-state index is 0.0135. The molecule has 1 fully saturated rings. The summed E-state index contributed by atoms with van der Waals surface area (Å²) in [6.07, 6.45) is 0. The van der Waals surface area contributed by atoms with Crippen LogP contribution in [0.5, 0.6) is 17.2 Å². The third kappa shape index (κ3) is 4.75. The van der Waals surface area contributed by atoms with Crippen LogP contribution < -0.4 is 18.9 Å². The fourth-order valence-corrected chi connectivity index (χ4v) is 5.83. The lowest BCUT2D eigenvalue weighted by atomic mass is 10.3. The minimum atomic E-state index is -4.44. The lowest BCUT2D eigenvalue weighted by Gasteiger charge is -2.26. The number of benzene rings is 2. The molecular formula is C19H23FN2O8S2. The highest BCUT2D eigenvalue weighted by Crippen LogP contribution is 2.34. The quantitative estimate of drug-likeness (QED) is 0.593. The van der Waals surface area contributed by atoms with Crippen LogP contribution in [0.1, 0.15) is 0 Å². The summed E-state index contributed by atoms with van der Waals surface area (Å²) in [6.45, 7) is 0.787. The molecule has 0 unspecified atom stereocenters. The van der Waals surface area contributed by atoms with E-state index in [0.29, 0.717) is 0 Å². The number of anilines is 1. The maximum absolute atomic E-state index is 14.5. The van der Waals surface area contributed by atoms with E-state index in [1.54, 1.807) is 0 Å². The third-order valence-corrected chi connectivity index (χ3v) is 8.05. The van der Waals surface area contributed by atoms with E-state index >= 15 is 0 Å². The predicted molar refractivity (Wildman–Crippen MR) is 113 cm³/mol. The van der Waals surface area contributed by atoms with Gasteiger partial charge in [-0.05, 0) is 18.2 Å². The average molecular weight is 491 g/mol. The van der Waals surface area contributed by atoms with Crippen LogP contribution in [0.2, 0.25) is 0 Å². The fourth-order valence-electron chi connectivity index (χ4n) is 3.12. The Bertz CT molecular complexity index is 1200. The molecule has 2 aromatic rings. The van der Waals surface area contributed by atoms with E-state index in [-0.39, 0.29) is 54.1 Å². The normalized spacial score (nSPS) is 15.2. The minimum Gasteiger partial charge on any atom is -0.495 e. The standard InChI is InChI=1S/C19H23FN2O8S2/c1-27-15-5-4-13(10-19(15)32(25,26)22-6-8-30-9-7-22)21-31(23,24)18-12-17(29-3)16(28-2)11-14(18)20/h4-5,10-12,21H,6-9H2,1-3H3. The summed E-state index contributed by atoms with van der Waals surface area (Å²) in [5.74, 6) is -0.992. The zero-order chi connectivity index (χ0) is 23.5. The van der Waals surface area contributed by atoms with Gasteiger partial charge in [-0.15, -0.1) is 0 Å². The van der Waals surface area contributed by atoms with E-state index in [9.17, 15) is 21.2 Å². The molecular weight excluding hydrogens is 467 g/mol. The summed E-state index contributed by atoms with van der Waals surface area (Å²) in [4.78, 5) is -0.918. The van der Waals surface area contributed by atoms with Crippen molar-refractivity contribution in [1.29, 1.82) is 0 Å².